The van der Waals surface area contributed by atoms with Gasteiger partial charge in [-0.15, -0.1) is 0 Å². The van der Waals surface area contributed by atoms with Crippen LogP contribution in [0.1, 0.15) is 11.1 Å². The van der Waals surface area contributed by atoms with E-state index in [-0.39, 0.29) is 6.42 Å². The molecule has 0 fully saturated rings. The Morgan fingerprint density at radius 3 is 2.75 bits per heavy atom. The van der Waals surface area contributed by atoms with Gasteiger partial charge in [0.1, 0.15) is 0 Å². The highest BCUT2D eigenvalue weighted by molar-refractivity contribution is 5.70. The smallest absolute Gasteiger partial charge is 0.307 e. The molecule has 3 heteroatoms. The molecule has 0 aliphatic heterocycles. The average molecular weight is 165 g/mol. The first-order chi connectivity index (χ1) is 5.59. The molecule has 0 spiro atoms. The zero-order valence-corrected chi connectivity index (χ0v) is 6.87. The van der Waals surface area contributed by atoms with E-state index in [0.29, 0.717) is 5.69 Å². The first-order valence-corrected chi connectivity index (χ1v) is 3.66. The number of carboxylic acid groups (broad SMARTS) is 1. The van der Waals surface area contributed by atoms with Crippen molar-refractivity contribution in [2.45, 2.75) is 13.3 Å². The van der Waals surface area contributed by atoms with Crippen LogP contribution in [0.15, 0.2) is 18.2 Å². The van der Waals surface area contributed by atoms with E-state index in [2.05, 4.69) is 0 Å². The monoisotopic (exact) mass is 165 g/mol. The van der Waals surface area contributed by atoms with Gasteiger partial charge in [-0.25, -0.2) is 0 Å². The van der Waals surface area contributed by atoms with E-state index in [1.807, 2.05) is 6.92 Å². The van der Waals surface area contributed by atoms with Gasteiger partial charge in [0.2, 0.25) is 0 Å². The number of carbonyl (C=O) groups is 1. The summed E-state index contributed by atoms with van der Waals surface area (Å²) < 4.78 is 0. The summed E-state index contributed by atoms with van der Waals surface area (Å²) in [5, 5.41) is 8.50. The lowest BCUT2D eigenvalue weighted by Gasteiger charge is -2.01. The molecule has 1 rings (SSSR count). The maximum absolute atomic E-state index is 10.3. The lowest BCUT2D eigenvalue weighted by molar-refractivity contribution is -0.136. The number of nitrogen functional groups attached to an aromatic ring is 1. The van der Waals surface area contributed by atoms with Gasteiger partial charge in [-0.1, -0.05) is 12.1 Å². The molecule has 0 unspecified atom stereocenters. The zero-order chi connectivity index (χ0) is 9.14. The molecular weight excluding hydrogens is 154 g/mol. The average Bonchev–Trinajstić information content (AvgIpc) is 1.96. The number of benzene rings is 1. The molecule has 0 heterocycles. The molecule has 3 nitrogen and oxygen atoms in total. The lowest BCUT2D eigenvalue weighted by Crippen LogP contribution is -2.00. The molecule has 0 aliphatic carbocycles. The van der Waals surface area contributed by atoms with Gasteiger partial charge in [-0.3, -0.25) is 4.79 Å². The van der Waals surface area contributed by atoms with Crippen LogP contribution in [-0.4, -0.2) is 11.1 Å². The molecule has 0 radical (unpaired) electrons. The fourth-order valence-electron chi connectivity index (χ4n) is 1.02. The van der Waals surface area contributed by atoms with Crippen molar-refractivity contribution in [2.24, 2.45) is 0 Å². The summed E-state index contributed by atoms with van der Waals surface area (Å²) in [6.45, 7) is 1.86. The van der Waals surface area contributed by atoms with Gasteiger partial charge in [0.05, 0.1) is 6.42 Å². The fraction of sp³-hybridized carbons (Fsp3) is 0.222. The van der Waals surface area contributed by atoms with Crippen LogP contribution >= 0.6 is 0 Å². The second kappa shape index (κ2) is 3.26. The third-order valence-electron chi connectivity index (χ3n) is 1.69. The van der Waals surface area contributed by atoms with Crippen LogP contribution < -0.4 is 5.73 Å². The highest BCUT2D eigenvalue weighted by Gasteiger charge is 2.01. The Morgan fingerprint density at radius 2 is 2.25 bits per heavy atom. The van der Waals surface area contributed by atoms with Gasteiger partial charge in [0.15, 0.2) is 0 Å². The Hall–Kier alpha value is -1.51. The van der Waals surface area contributed by atoms with E-state index >= 15 is 0 Å². The summed E-state index contributed by atoms with van der Waals surface area (Å²) in [5.74, 6) is -0.820. The summed E-state index contributed by atoms with van der Waals surface area (Å²) in [6, 6.07) is 5.26. The largest absolute Gasteiger partial charge is 0.481 e. The Morgan fingerprint density at radius 1 is 1.58 bits per heavy atom. The molecule has 1 aromatic rings. The van der Waals surface area contributed by atoms with Gasteiger partial charge in [-0.2, -0.15) is 0 Å². The number of aryl methyl sites for hydroxylation is 1. The number of nitrogens with two attached hydrogens (primary N) is 1. The van der Waals surface area contributed by atoms with Crippen molar-refractivity contribution in [1.82, 2.24) is 0 Å². The lowest BCUT2D eigenvalue weighted by atomic mass is 10.1. The van der Waals surface area contributed by atoms with Crippen LogP contribution in [0.2, 0.25) is 0 Å². The van der Waals surface area contributed by atoms with Crippen molar-refractivity contribution in [1.29, 1.82) is 0 Å². The normalized spacial score (nSPS) is 9.75. The van der Waals surface area contributed by atoms with Crippen LogP contribution in [0.5, 0.6) is 0 Å². The Labute approximate surface area is 70.8 Å². The van der Waals surface area contributed by atoms with Gasteiger partial charge in [-0.05, 0) is 24.1 Å². The van der Waals surface area contributed by atoms with Crippen LogP contribution in [0, 0.1) is 6.92 Å². The van der Waals surface area contributed by atoms with Crippen LogP contribution in [0.25, 0.3) is 0 Å². The Kier molecular flexibility index (Phi) is 2.33. The molecule has 3 N–H and O–H groups in total. The molecular formula is C9H11NO2. The number of anilines is 1. The number of rotatable bonds is 2. The van der Waals surface area contributed by atoms with Gasteiger partial charge < -0.3 is 10.8 Å². The Balaban J connectivity index is 2.89. The van der Waals surface area contributed by atoms with E-state index in [1.54, 1.807) is 18.2 Å². The fourth-order valence-corrected chi connectivity index (χ4v) is 1.02. The molecule has 0 bridgehead atoms. The van der Waals surface area contributed by atoms with Crippen LogP contribution in [0.4, 0.5) is 5.69 Å². The molecule has 1 aromatic carbocycles. The summed E-state index contributed by atoms with van der Waals surface area (Å²) >= 11 is 0. The maximum Gasteiger partial charge on any atom is 0.307 e. The first kappa shape index (κ1) is 8.59. The molecule has 0 atom stereocenters. The topological polar surface area (TPSA) is 63.3 Å². The van der Waals surface area contributed by atoms with Crippen molar-refractivity contribution in [3.63, 3.8) is 0 Å². The molecule has 12 heavy (non-hydrogen) atoms. The number of carboxylic acids is 1. The third-order valence-corrected chi connectivity index (χ3v) is 1.69. The van der Waals surface area contributed by atoms with Gasteiger partial charge in [0.25, 0.3) is 0 Å². The van der Waals surface area contributed by atoms with Gasteiger partial charge in [0, 0.05) is 5.69 Å². The van der Waals surface area contributed by atoms with E-state index in [9.17, 15) is 4.79 Å². The second-order valence-electron chi connectivity index (χ2n) is 2.76. The summed E-state index contributed by atoms with van der Waals surface area (Å²) in [4.78, 5) is 10.3. The molecule has 0 aromatic heterocycles. The predicted molar refractivity (Wildman–Crippen MR) is 46.9 cm³/mol. The summed E-state index contributed by atoms with van der Waals surface area (Å²) in [6.07, 6.45) is 0.0567. The number of hydrogen-bond acceptors (Lipinski definition) is 2. The number of aliphatic carboxylic acids is 1. The second-order valence-corrected chi connectivity index (χ2v) is 2.76. The molecule has 0 amide bonds. The van der Waals surface area contributed by atoms with Crippen LogP contribution in [0.3, 0.4) is 0 Å². The van der Waals surface area contributed by atoms with Crippen molar-refractivity contribution in [3.8, 4) is 0 Å². The molecule has 0 aliphatic rings. The molecule has 64 valence electrons. The van der Waals surface area contributed by atoms with E-state index in [1.165, 1.54) is 0 Å². The van der Waals surface area contributed by atoms with Crippen molar-refractivity contribution >= 4 is 11.7 Å². The van der Waals surface area contributed by atoms with Crippen LogP contribution in [-0.2, 0) is 11.2 Å². The van der Waals surface area contributed by atoms with E-state index in [4.69, 9.17) is 10.8 Å². The van der Waals surface area contributed by atoms with Crippen molar-refractivity contribution in [2.75, 3.05) is 5.73 Å². The van der Waals surface area contributed by atoms with Gasteiger partial charge >= 0.3 is 5.97 Å². The minimum absolute atomic E-state index is 0.0567. The minimum Gasteiger partial charge on any atom is -0.481 e. The summed E-state index contributed by atoms with van der Waals surface area (Å²) in [7, 11) is 0. The SMILES string of the molecule is Cc1cc(CC(=O)O)ccc1N. The zero-order valence-electron chi connectivity index (χ0n) is 6.87. The molecule has 0 saturated carbocycles. The minimum atomic E-state index is -0.820. The van der Waals surface area contributed by atoms with Crippen molar-refractivity contribution < 1.29 is 9.90 Å². The van der Waals surface area contributed by atoms with Crippen molar-refractivity contribution in [3.05, 3.63) is 29.3 Å². The number of hydrogen-bond donors (Lipinski definition) is 2. The quantitative estimate of drug-likeness (QED) is 0.647. The highest BCUT2D eigenvalue weighted by atomic mass is 16.4. The first-order valence-electron chi connectivity index (χ1n) is 3.66. The molecule has 0 saturated heterocycles. The summed E-state index contributed by atoms with van der Waals surface area (Å²) in [5.41, 5.74) is 7.98. The van der Waals surface area contributed by atoms with E-state index < -0.39 is 5.97 Å². The Bertz CT molecular complexity index is 307. The standard InChI is InChI=1S/C9H11NO2/c1-6-4-7(5-9(11)12)2-3-8(6)10/h2-4H,5,10H2,1H3,(H,11,12). The maximum atomic E-state index is 10.3. The predicted octanol–water partition coefficient (Wildman–Crippen LogP) is 1.20. The van der Waals surface area contributed by atoms with E-state index in [0.717, 1.165) is 11.1 Å². The highest BCUT2D eigenvalue weighted by Crippen LogP contribution is 2.12. The third kappa shape index (κ3) is 1.99.